The van der Waals surface area contributed by atoms with E-state index in [-0.39, 0.29) is 5.41 Å². The number of nitrogens with zero attached hydrogens (tertiary/aromatic N) is 4. The first-order valence-corrected chi connectivity index (χ1v) is 9.11. The molecule has 1 N–H and O–H groups in total. The maximum absolute atomic E-state index is 10.9. The number of amides is 1. The molecule has 1 saturated heterocycles. The summed E-state index contributed by atoms with van der Waals surface area (Å²) in [5.74, 6) is 0.640. The van der Waals surface area contributed by atoms with Crippen LogP contribution in [0.1, 0.15) is 32.0 Å². The molecule has 1 aliphatic heterocycles. The average Bonchev–Trinajstić information content (AvgIpc) is 3.02. The molecule has 1 aromatic carbocycles. The summed E-state index contributed by atoms with van der Waals surface area (Å²) >= 11 is 0. The minimum Gasteiger partial charge on any atom is -0.304 e. The number of rotatable bonds is 5. The van der Waals surface area contributed by atoms with Crippen LogP contribution in [-0.2, 0) is 16.8 Å². The van der Waals surface area contributed by atoms with Crippen LogP contribution in [0.2, 0.25) is 0 Å². The number of carbonyl (C=O) groups excluding carboxylic acids is 1. The van der Waals surface area contributed by atoms with Crippen molar-refractivity contribution in [1.82, 2.24) is 19.6 Å². The second-order valence-electron chi connectivity index (χ2n) is 8.05. The van der Waals surface area contributed by atoms with E-state index in [1.807, 2.05) is 18.2 Å². The maximum Gasteiger partial charge on any atom is 0.315 e. The molecule has 3 rings (SSSR count). The van der Waals surface area contributed by atoms with Crippen molar-refractivity contribution in [3.63, 3.8) is 0 Å². The van der Waals surface area contributed by atoms with Crippen LogP contribution in [-0.4, -0.2) is 59.2 Å². The van der Waals surface area contributed by atoms with Crippen LogP contribution in [0.25, 0.3) is 5.69 Å². The fraction of sp³-hybridized carbons (Fsp3) is 0.500. The molecule has 0 atom stereocenters. The van der Waals surface area contributed by atoms with E-state index in [4.69, 9.17) is 5.10 Å². The van der Waals surface area contributed by atoms with Crippen molar-refractivity contribution in [1.29, 1.82) is 0 Å². The Morgan fingerprint density at radius 2 is 1.88 bits per heavy atom. The lowest BCUT2D eigenvalue weighted by molar-refractivity contribution is 0.148. The highest BCUT2D eigenvalue weighted by atomic mass is 16.1. The number of anilines is 1. The van der Waals surface area contributed by atoms with E-state index < -0.39 is 0 Å². The molecule has 1 fully saturated rings. The molecule has 26 heavy (non-hydrogen) atoms. The summed E-state index contributed by atoms with van der Waals surface area (Å²) < 4.78 is 1.79. The predicted octanol–water partition coefficient (Wildman–Crippen LogP) is 2.40. The Balaban J connectivity index is 1.85. The number of piperazine rings is 1. The molecule has 139 valence electrons. The molecule has 1 amide bonds. The predicted molar refractivity (Wildman–Crippen MR) is 104 cm³/mol. The van der Waals surface area contributed by atoms with Crippen molar-refractivity contribution in [3.8, 4) is 5.69 Å². The van der Waals surface area contributed by atoms with Crippen molar-refractivity contribution in [2.45, 2.75) is 32.7 Å². The lowest BCUT2D eigenvalue weighted by atomic mass is 9.92. The quantitative estimate of drug-likeness (QED) is 0.838. The van der Waals surface area contributed by atoms with Crippen LogP contribution >= 0.6 is 0 Å². The van der Waals surface area contributed by atoms with E-state index in [2.05, 4.69) is 55.1 Å². The number of likely N-dealkylation sites (N-methyl/N-ethyl adjacent to an activating group) is 1. The lowest BCUT2D eigenvalue weighted by Gasteiger charge is -2.32. The third-order valence-electron chi connectivity index (χ3n) is 4.81. The van der Waals surface area contributed by atoms with Gasteiger partial charge in [0.25, 0.3) is 0 Å². The maximum atomic E-state index is 10.9. The van der Waals surface area contributed by atoms with Crippen LogP contribution in [0.4, 0.5) is 5.82 Å². The van der Waals surface area contributed by atoms with Gasteiger partial charge in [-0.05, 0) is 24.7 Å². The summed E-state index contributed by atoms with van der Waals surface area (Å²) in [5, 5.41) is 7.37. The van der Waals surface area contributed by atoms with Gasteiger partial charge in [-0.3, -0.25) is 9.69 Å². The van der Waals surface area contributed by atoms with Crippen LogP contribution in [0.15, 0.2) is 30.3 Å². The monoisotopic (exact) mass is 354 g/mol. The highest BCUT2D eigenvalue weighted by Crippen LogP contribution is 2.26. The molecule has 1 aromatic heterocycles. The van der Waals surface area contributed by atoms with Crippen molar-refractivity contribution in [2.24, 2.45) is 0 Å². The zero-order chi connectivity index (χ0) is 18.7. The summed E-state index contributed by atoms with van der Waals surface area (Å²) in [7, 11) is 2.17. The Hall–Kier alpha value is -2.18. The van der Waals surface area contributed by atoms with Crippen molar-refractivity contribution in [2.75, 3.05) is 38.5 Å². The SMILES string of the molecule is CN1CCN(Cc2cccc(-n3nc(C(C)(C)C)cc3N[C]=O)c2)CC1. The van der Waals surface area contributed by atoms with Gasteiger partial charge in [0.1, 0.15) is 5.82 Å². The third-order valence-corrected chi connectivity index (χ3v) is 4.81. The van der Waals surface area contributed by atoms with E-state index in [9.17, 15) is 4.79 Å². The van der Waals surface area contributed by atoms with Gasteiger partial charge in [-0.1, -0.05) is 32.9 Å². The summed E-state index contributed by atoms with van der Waals surface area (Å²) in [6.45, 7) is 11.6. The van der Waals surface area contributed by atoms with Gasteiger partial charge in [0.2, 0.25) is 0 Å². The number of hydrogen-bond donors (Lipinski definition) is 1. The summed E-state index contributed by atoms with van der Waals surface area (Å²) in [5.41, 5.74) is 3.03. The van der Waals surface area contributed by atoms with Crippen LogP contribution in [0.3, 0.4) is 0 Å². The first kappa shape index (κ1) is 18.6. The van der Waals surface area contributed by atoms with Gasteiger partial charge in [-0.2, -0.15) is 5.10 Å². The Morgan fingerprint density at radius 1 is 1.15 bits per heavy atom. The number of nitrogens with one attached hydrogen (secondary N) is 1. The largest absolute Gasteiger partial charge is 0.315 e. The average molecular weight is 354 g/mol. The minimum absolute atomic E-state index is 0.0952. The summed E-state index contributed by atoms with van der Waals surface area (Å²) in [6, 6.07) is 10.3. The Labute approximate surface area is 155 Å². The fourth-order valence-corrected chi connectivity index (χ4v) is 3.14. The molecule has 6 heteroatoms. The molecule has 1 aliphatic rings. The van der Waals surface area contributed by atoms with Crippen LogP contribution in [0, 0.1) is 0 Å². The Bertz CT molecular complexity index is 754. The normalized spacial score (nSPS) is 16.6. The number of hydrogen-bond acceptors (Lipinski definition) is 4. The van der Waals surface area contributed by atoms with E-state index in [0.717, 1.165) is 44.1 Å². The smallest absolute Gasteiger partial charge is 0.304 e. The summed E-state index contributed by atoms with van der Waals surface area (Å²) in [6.07, 6.45) is 1.77. The van der Waals surface area contributed by atoms with E-state index in [1.165, 1.54) is 5.56 Å². The Morgan fingerprint density at radius 3 is 2.54 bits per heavy atom. The molecule has 2 heterocycles. The standard InChI is InChI=1S/C20H28N5O/c1-20(2,3)18-13-19(21-15-26)25(22-18)17-7-5-6-16(12-17)14-24-10-8-23(4)9-11-24/h5-7,12-13H,8-11,14H2,1-4H3,(H,21,26). The first-order chi connectivity index (χ1) is 12.4. The first-order valence-electron chi connectivity index (χ1n) is 9.11. The van der Waals surface area contributed by atoms with Gasteiger partial charge >= 0.3 is 6.41 Å². The minimum atomic E-state index is -0.0952. The molecular weight excluding hydrogens is 326 g/mol. The zero-order valence-electron chi connectivity index (χ0n) is 16.1. The molecule has 0 spiro atoms. The zero-order valence-corrected chi connectivity index (χ0v) is 16.1. The topological polar surface area (TPSA) is 53.4 Å². The van der Waals surface area contributed by atoms with Gasteiger partial charge in [0.15, 0.2) is 0 Å². The highest BCUT2D eigenvalue weighted by Gasteiger charge is 2.21. The molecule has 0 unspecified atom stereocenters. The Kier molecular flexibility index (Phi) is 5.44. The molecule has 2 aromatic rings. The van der Waals surface area contributed by atoms with Gasteiger partial charge in [0, 0.05) is 44.2 Å². The van der Waals surface area contributed by atoms with Crippen LogP contribution in [0.5, 0.6) is 0 Å². The molecular formula is C20H28N5O. The fourth-order valence-electron chi connectivity index (χ4n) is 3.14. The van der Waals surface area contributed by atoms with Gasteiger partial charge in [0.05, 0.1) is 11.4 Å². The van der Waals surface area contributed by atoms with Crippen LogP contribution < -0.4 is 5.32 Å². The van der Waals surface area contributed by atoms with Crippen molar-refractivity contribution < 1.29 is 4.79 Å². The second kappa shape index (κ2) is 7.60. The van der Waals surface area contributed by atoms with Gasteiger partial charge < -0.3 is 10.2 Å². The van der Waals surface area contributed by atoms with E-state index >= 15 is 0 Å². The highest BCUT2D eigenvalue weighted by molar-refractivity contribution is 5.71. The van der Waals surface area contributed by atoms with Crippen molar-refractivity contribution in [3.05, 3.63) is 41.6 Å². The molecule has 1 radical (unpaired) electrons. The van der Waals surface area contributed by atoms with Gasteiger partial charge in [-0.25, -0.2) is 4.68 Å². The van der Waals surface area contributed by atoms with E-state index in [1.54, 1.807) is 11.1 Å². The molecule has 0 aliphatic carbocycles. The molecule has 6 nitrogen and oxygen atoms in total. The second-order valence-corrected chi connectivity index (χ2v) is 8.05. The number of benzene rings is 1. The molecule has 0 saturated carbocycles. The van der Waals surface area contributed by atoms with E-state index in [0.29, 0.717) is 5.82 Å². The van der Waals surface area contributed by atoms with Crippen molar-refractivity contribution >= 4 is 12.2 Å². The lowest BCUT2D eigenvalue weighted by Crippen LogP contribution is -2.43. The summed E-state index contributed by atoms with van der Waals surface area (Å²) in [4.78, 5) is 15.7. The van der Waals surface area contributed by atoms with Gasteiger partial charge in [-0.15, -0.1) is 0 Å². The third kappa shape index (κ3) is 4.31. The number of aromatic nitrogens is 2. The molecule has 0 bridgehead atoms.